The minimum atomic E-state index is -0.228. The number of hydrogen-bond acceptors (Lipinski definition) is 1. The molecular formula is C22H40IN. The highest BCUT2D eigenvalue weighted by Crippen LogP contribution is 2.23. The molecule has 0 bridgehead atoms. The van der Waals surface area contributed by atoms with Crippen molar-refractivity contribution in [2.75, 3.05) is 0 Å². The molecule has 0 fully saturated rings. The number of benzene rings is 1. The summed E-state index contributed by atoms with van der Waals surface area (Å²) < 4.78 is 0. The van der Waals surface area contributed by atoms with Crippen molar-refractivity contribution >= 4 is 24.0 Å². The topological polar surface area (TPSA) is 26.0 Å². The molecule has 1 rings (SSSR count). The Morgan fingerprint density at radius 2 is 1.21 bits per heavy atom. The van der Waals surface area contributed by atoms with Crippen LogP contribution in [0.3, 0.4) is 0 Å². The summed E-state index contributed by atoms with van der Waals surface area (Å²) in [5.74, 6) is 0. The van der Waals surface area contributed by atoms with Gasteiger partial charge in [0.1, 0.15) is 0 Å². The van der Waals surface area contributed by atoms with Crippen LogP contribution >= 0.6 is 24.0 Å². The second-order valence-corrected chi connectivity index (χ2v) is 7.66. The highest BCUT2D eigenvalue weighted by molar-refractivity contribution is 14.0. The van der Waals surface area contributed by atoms with Gasteiger partial charge in [-0.15, -0.1) is 24.0 Å². The number of halogens is 1. The second kappa shape index (κ2) is 14.1. The van der Waals surface area contributed by atoms with E-state index in [1.165, 1.54) is 88.2 Å². The summed E-state index contributed by atoms with van der Waals surface area (Å²) in [6.07, 6.45) is 16.6. The molecule has 0 aliphatic rings. The van der Waals surface area contributed by atoms with Gasteiger partial charge in [0.25, 0.3) is 0 Å². The molecule has 1 aromatic rings. The summed E-state index contributed by atoms with van der Waals surface area (Å²) in [6, 6.07) is 8.69. The average molecular weight is 445 g/mol. The smallest absolute Gasteiger partial charge is 0.0355 e. The number of aryl methyl sites for hydroxylation is 1. The van der Waals surface area contributed by atoms with Gasteiger partial charge < -0.3 is 5.73 Å². The number of unbranched alkanes of at least 4 members (excludes halogenated alkanes) is 10. The lowest BCUT2D eigenvalue weighted by Crippen LogP contribution is -2.30. The van der Waals surface area contributed by atoms with Crippen molar-refractivity contribution in [2.24, 2.45) is 5.73 Å². The van der Waals surface area contributed by atoms with Crippen LogP contribution in [0.4, 0.5) is 0 Å². The van der Waals surface area contributed by atoms with E-state index in [2.05, 4.69) is 45.0 Å². The van der Waals surface area contributed by atoms with E-state index in [0.717, 1.165) is 0 Å². The fourth-order valence-corrected chi connectivity index (χ4v) is 3.35. The van der Waals surface area contributed by atoms with Gasteiger partial charge in [-0.1, -0.05) is 95.4 Å². The Hall–Kier alpha value is -0.0900. The maximum absolute atomic E-state index is 6.29. The molecule has 0 heterocycles. The van der Waals surface area contributed by atoms with Crippen molar-refractivity contribution in [1.82, 2.24) is 0 Å². The molecule has 2 N–H and O–H groups in total. The molecule has 1 aromatic carbocycles. The van der Waals surface area contributed by atoms with Gasteiger partial charge >= 0.3 is 0 Å². The van der Waals surface area contributed by atoms with Crippen molar-refractivity contribution in [3.8, 4) is 0 Å². The highest BCUT2D eigenvalue weighted by atomic mass is 127. The molecule has 0 amide bonds. The number of hydrogen-bond donors (Lipinski definition) is 1. The van der Waals surface area contributed by atoms with Gasteiger partial charge in [0.05, 0.1) is 0 Å². The van der Waals surface area contributed by atoms with Crippen molar-refractivity contribution in [3.05, 3.63) is 35.4 Å². The van der Waals surface area contributed by atoms with E-state index in [-0.39, 0.29) is 29.5 Å². The summed E-state index contributed by atoms with van der Waals surface area (Å²) >= 11 is 0. The third kappa shape index (κ3) is 10.7. The summed E-state index contributed by atoms with van der Waals surface area (Å²) in [5.41, 5.74) is 8.81. The zero-order chi connectivity index (χ0) is 17.0. The van der Waals surface area contributed by atoms with E-state index in [1.807, 2.05) is 0 Å². The Kier molecular flexibility index (Phi) is 14.1. The molecule has 0 aliphatic carbocycles. The Balaban J connectivity index is 0.00000529. The predicted molar refractivity (Wildman–Crippen MR) is 119 cm³/mol. The molecule has 0 aliphatic heterocycles. The minimum absolute atomic E-state index is 0. The number of rotatable bonds is 13. The summed E-state index contributed by atoms with van der Waals surface area (Å²) in [6.45, 7) is 6.49. The van der Waals surface area contributed by atoms with Gasteiger partial charge in [0.15, 0.2) is 0 Å². The molecule has 0 saturated heterocycles. The first-order chi connectivity index (χ1) is 11.1. The van der Waals surface area contributed by atoms with Crippen molar-refractivity contribution < 1.29 is 0 Å². The lowest BCUT2D eigenvalue weighted by Gasteiger charge is -2.23. The van der Waals surface area contributed by atoms with Crippen LogP contribution in [0.5, 0.6) is 0 Å². The van der Waals surface area contributed by atoms with E-state index in [9.17, 15) is 0 Å². The average Bonchev–Trinajstić information content (AvgIpc) is 2.52. The largest absolute Gasteiger partial charge is 0.322 e. The van der Waals surface area contributed by atoms with Gasteiger partial charge in [-0.3, -0.25) is 0 Å². The summed E-state index contributed by atoms with van der Waals surface area (Å²) in [5, 5.41) is 0. The maximum Gasteiger partial charge on any atom is 0.0355 e. The van der Waals surface area contributed by atoms with Crippen LogP contribution in [-0.2, 0) is 12.0 Å². The van der Waals surface area contributed by atoms with Gasteiger partial charge in [-0.2, -0.15) is 0 Å². The highest BCUT2D eigenvalue weighted by Gasteiger charge is 2.17. The van der Waals surface area contributed by atoms with Crippen molar-refractivity contribution in [1.29, 1.82) is 0 Å². The second-order valence-electron chi connectivity index (χ2n) is 7.66. The molecule has 0 saturated carbocycles. The van der Waals surface area contributed by atoms with Crippen LogP contribution < -0.4 is 5.73 Å². The SMILES string of the molecule is CCCCCCCCCCCCCc1ccccc1C(C)(C)N.I. The molecule has 0 spiro atoms. The van der Waals surface area contributed by atoms with E-state index < -0.39 is 0 Å². The van der Waals surface area contributed by atoms with Crippen LogP contribution in [0.15, 0.2) is 24.3 Å². The van der Waals surface area contributed by atoms with Gasteiger partial charge in [-0.05, 0) is 37.8 Å². The first-order valence-corrected chi connectivity index (χ1v) is 9.93. The molecule has 140 valence electrons. The van der Waals surface area contributed by atoms with Crippen LogP contribution in [0, 0.1) is 0 Å². The molecule has 24 heavy (non-hydrogen) atoms. The van der Waals surface area contributed by atoms with Crippen LogP contribution in [0.2, 0.25) is 0 Å². The third-order valence-corrected chi connectivity index (χ3v) is 4.76. The lowest BCUT2D eigenvalue weighted by atomic mass is 9.89. The molecule has 1 nitrogen and oxygen atoms in total. The van der Waals surface area contributed by atoms with E-state index in [0.29, 0.717) is 0 Å². The zero-order valence-corrected chi connectivity index (χ0v) is 18.6. The third-order valence-electron chi connectivity index (χ3n) is 4.76. The monoisotopic (exact) mass is 445 g/mol. The molecule has 0 radical (unpaired) electrons. The predicted octanol–water partition coefficient (Wildman–Crippen LogP) is 7.35. The van der Waals surface area contributed by atoms with Crippen LogP contribution in [0.25, 0.3) is 0 Å². The molecule has 2 heteroatoms. The minimum Gasteiger partial charge on any atom is -0.322 e. The number of nitrogens with two attached hydrogens (primary N) is 1. The quantitative estimate of drug-likeness (QED) is 0.249. The van der Waals surface area contributed by atoms with E-state index in [4.69, 9.17) is 5.73 Å². The zero-order valence-electron chi connectivity index (χ0n) is 16.3. The van der Waals surface area contributed by atoms with E-state index in [1.54, 1.807) is 0 Å². The molecule has 0 unspecified atom stereocenters. The van der Waals surface area contributed by atoms with Crippen molar-refractivity contribution in [2.45, 2.75) is 103 Å². The Morgan fingerprint density at radius 3 is 1.71 bits per heavy atom. The molecular weight excluding hydrogens is 405 g/mol. The van der Waals surface area contributed by atoms with Gasteiger partial charge in [0.2, 0.25) is 0 Å². The fraction of sp³-hybridized carbons (Fsp3) is 0.727. The molecule has 0 atom stereocenters. The Bertz CT molecular complexity index is 409. The summed E-state index contributed by atoms with van der Waals surface area (Å²) in [7, 11) is 0. The Labute approximate surface area is 168 Å². The first kappa shape index (κ1) is 23.9. The van der Waals surface area contributed by atoms with Gasteiger partial charge in [-0.25, -0.2) is 0 Å². The standard InChI is InChI=1S/C22H39N.HI/c1-4-5-6-7-8-9-10-11-12-13-14-17-20-18-15-16-19-21(20)22(2,3)23;/h15-16,18-19H,4-14,17,23H2,1-3H3;1H. The normalized spacial score (nSPS) is 11.3. The summed E-state index contributed by atoms with van der Waals surface area (Å²) in [4.78, 5) is 0. The van der Waals surface area contributed by atoms with Crippen molar-refractivity contribution in [3.63, 3.8) is 0 Å². The fourth-order valence-electron chi connectivity index (χ4n) is 3.35. The first-order valence-electron chi connectivity index (χ1n) is 9.93. The lowest BCUT2D eigenvalue weighted by molar-refractivity contribution is 0.537. The van der Waals surface area contributed by atoms with Crippen LogP contribution in [0.1, 0.15) is 103 Å². The van der Waals surface area contributed by atoms with Crippen LogP contribution in [-0.4, -0.2) is 0 Å². The van der Waals surface area contributed by atoms with Gasteiger partial charge in [0, 0.05) is 5.54 Å². The Morgan fingerprint density at radius 1 is 0.750 bits per heavy atom. The van der Waals surface area contributed by atoms with E-state index >= 15 is 0 Å². The molecule has 0 aromatic heterocycles. The maximum atomic E-state index is 6.29.